The van der Waals surface area contributed by atoms with Gasteiger partial charge >= 0.3 is 108 Å². The summed E-state index contributed by atoms with van der Waals surface area (Å²) in [5.41, 5.74) is 4.40. The third-order valence-electron chi connectivity index (χ3n) is 4.23. The fraction of sp³-hybridized carbons (Fsp3) is 0.643. The van der Waals surface area contributed by atoms with Crippen LogP contribution in [0.25, 0.3) is 0 Å². The molecule has 1 fully saturated rings. The van der Waals surface area contributed by atoms with E-state index in [4.69, 9.17) is 0 Å². The number of rotatable bonds is 0. The maximum atomic E-state index is 3.57. The Kier molecular flexibility index (Phi) is 4.66. The van der Waals surface area contributed by atoms with Gasteiger partial charge in [-0.15, -0.1) is 0 Å². The number of fused-ring (bicyclic) bond motifs is 4. The minimum atomic E-state index is 0. The topological polar surface area (TPSA) is 4.93 Å². The van der Waals surface area contributed by atoms with E-state index in [9.17, 15) is 0 Å². The summed E-state index contributed by atoms with van der Waals surface area (Å²) in [6.45, 7) is 5.75. The molecule has 3 heteroatoms. The van der Waals surface area contributed by atoms with Crippen LogP contribution in [-0.4, -0.2) is 4.57 Å². The Balaban J connectivity index is 0.00000108. The van der Waals surface area contributed by atoms with Gasteiger partial charge in [0.2, 0.25) is 0 Å². The first-order chi connectivity index (χ1) is 7.66. The van der Waals surface area contributed by atoms with Crippen LogP contribution in [0.15, 0.2) is 0 Å². The van der Waals surface area contributed by atoms with Crippen molar-refractivity contribution in [2.45, 2.75) is 52.0 Å². The van der Waals surface area contributed by atoms with E-state index >= 15 is 0 Å². The summed E-state index contributed by atoms with van der Waals surface area (Å²) in [5.74, 6) is 1.79. The maximum absolute atomic E-state index is 3.57. The van der Waals surface area contributed by atoms with Crippen molar-refractivity contribution >= 4 is 0 Å². The SMILES string of the molecule is Cc1[c-]c(C)[c](=[W])n2c1[C@@H]1CCCC(C1)C2.[Y]. The van der Waals surface area contributed by atoms with Crippen molar-refractivity contribution in [3.8, 4) is 0 Å². The van der Waals surface area contributed by atoms with Gasteiger partial charge in [0.1, 0.15) is 0 Å². The number of aryl methyl sites for hydroxylation is 2. The van der Waals surface area contributed by atoms with Crippen molar-refractivity contribution in [3.63, 3.8) is 0 Å². The molecule has 2 atom stereocenters. The van der Waals surface area contributed by atoms with Crippen LogP contribution in [0, 0.1) is 29.5 Å². The van der Waals surface area contributed by atoms with Crippen molar-refractivity contribution in [2.75, 3.05) is 0 Å². The van der Waals surface area contributed by atoms with Crippen LogP contribution in [0.3, 0.4) is 0 Å². The average Bonchev–Trinajstić information content (AvgIpc) is 2.25. The van der Waals surface area contributed by atoms with E-state index in [-0.39, 0.29) is 32.7 Å². The number of aromatic nitrogens is 1. The zero-order valence-electron chi connectivity index (χ0n) is 10.6. The Morgan fingerprint density at radius 3 is 2.76 bits per heavy atom. The van der Waals surface area contributed by atoms with Crippen molar-refractivity contribution in [1.82, 2.24) is 4.57 Å². The number of pyridine rings is 1. The van der Waals surface area contributed by atoms with Crippen molar-refractivity contribution in [2.24, 2.45) is 5.92 Å². The molecule has 1 aromatic rings. The molecule has 3 rings (SSSR count). The van der Waals surface area contributed by atoms with Crippen LogP contribution in [-0.2, 0) is 58.6 Å². The van der Waals surface area contributed by atoms with Crippen LogP contribution < -0.4 is 0 Å². The van der Waals surface area contributed by atoms with Crippen molar-refractivity contribution in [3.05, 3.63) is 26.6 Å². The number of hydrogen-bond acceptors (Lipinski definition) is 0. The van der Waals surface area contributed by atoms with E-state index in [1.54, 1.807) is 25.0 Å². The molecule has 17 heavy (non-hydrogen) atoms. The van der Waals surface area contributed by atoms with Gasteiger partial charge in [-0.3, -0.25) is 0 Å². The average molecular weight is 473 g/mol. The molecular weight excluding hydrogens is 455 g/mol. The van der Waals surface area contributed by atoms with Gasteiger partial charge in [0.15, 0.2) is 0 Å². The minimum Gasteiger partial charge on any atom is 0 e. The van der Waals surface area contributed by atoms with Gasteiger partial charge in [-0.05, 0) is 0 Å². The number of nitrogens with zero attached hydrogens (tertiary/aromatic N) is 1. The van der Waals surface area contributed by atoms with Crippen molar-refractivity contribution < 1.29 is 52.1 Å². The van der Waals surface area contributed by atoms with Crippen LogP contribution in [0.1, 0.15) is 48.4 Å². The summed E-state index contributed by atoms with van der Waals surface area (Å²) in [6, 6.07) is 3.57. The zero-order chi connectivity index (χ0) is 11.3. The normalized spacial score (nSPS) is 26.0. The van der Waals surface area contributed by atoms with Gasteiger partial charge in [0.05, 0.1) is 0 Å². The monoisotopic (exact) mass is 473 g/mol. The first-order valence-electron chi connectivity index (χ1n) is 6.30. The first kappa shape index (κ1) is 14.4. The Morgan fingerprint density at radius 1 is 1.24 bits per heavy atom. The molecule has 1 aliphatic carbocycles. The van der Waals surface area contributed by atoms with Crippen molar-refractivity contribution in [1.29, 1.82) is 0 Å². The molecule has 0 spiro atoms. The molecule has 2 bridgehead atoms. The third-order valence-corrected chi connectivity index (χ3v) is 6.12. The maximum Gasteiger partial charge on any atom is 0 e. The van der Waals surface area contributed by atoms with E-state index in [0.29, 0.717) is 0 Å². The fourth-order valence-corrected chi connectivity index (χ4v) is 4.39. The van der Waals surface area contributed by atoms with Gasteiger partial charge in [-0.25, -0.2) is 0 Å². The molecule has 2 heterocycles. The van der Waals surface area contributed by atoms with Gasteiger partial charge in [0, 0.05) is 32.7 Å². The largest absolute Gasteiger partial charge is 0 e. The van der Waals surface area contributed by atoms with E-state index < -0.39 is 0 Å². The molecule has 1 nitrogen and oxygen atoms in total. The molecule has 0 N–H and O–H groups in total. The van der Waals surface area contributed by atoms with Gasteiger partial charge in [0.25, 0.3) is 0 Å². The van der Waals surface area contributed by atoms with E-state index in [1.807, 2.05) is 0 Å². The van der Waals surface area contributed by atoms with E-state index in [0.717, 1.165) is 11.8 Å². The van der Waals surface area contributed by atoms with Crippen LogP contribution in [0.4, 0.5) is 0 Å². The summed E-state index contributed by atoms with van der Waals surface area (Å²) < 4.78 is 4.16. The predicted molar refractivity (Wildman–Crippen MR) is 60.7 cm³/mol. The van der Waals surface area contributed by atoms with E-state index in [2.05, 4.69) is 24.5 Å². The smallest absolute Gasteiger partial charge is 0 e. The fourth-order valence-electron chi connectivity index (χ4n) is 3.58. The molecule has 1 aliphatic heterocycles. The Morgan fingerprint density at radius 2 is 2.00 bits per heavy atom. The molecule has 1 saturated carbocycles. The Labute approximate surface area is 140 Å². The molecule has 1 aromatic heterocycles. The second-order valence-electron chi connectivity index (χ2n) is 5.41. The molecule has 89 valence electrons. The van der Waals surface area contributed by atoms with Gasteiger partial charge in [-0.2, -0.15) is 0 Å². The predicted octanol–water partition coefficient (Wildman–Crippen LogP) is 3.27. The van der Waals surface area contributed by atoms with Gasteiger partial charge < -0.3 is 0 Å². The Bertz CT molecular complexity index is 492. The van der Waals surface area contributed by atoms with Crippen LogP contribution in [0.2, 0.25) is 0 Å². The standard InChI is InChI=1S/C14H18N.W.Y/c1-10-6-11(2)14-13-5-3-4-12(7-13)9-15(14)8-10;;/h12-13H,3-5,7,9H2,1-2H3;;/q-1;;/t12?,13-;;/m1../s1. The molecule has 2 aliphatic rings. The molecular formula is C14H18NWY-. The minimum absolute atomic E-state index is 0. The third kappa shape index (κ3) is 2.49. The second kappa shape index (κ2) is 5.51. The van der Waals surface area contributed by atoms with E-state index in [1.165, 1.54) is 47.0 Å². The summed E-state index contributed by atoms with van der Waals surface area (Å²) in [6.07, 6.45) is 5.73. The summed E-state index contributed by atoms with van der Waals surface area (Å²) in [7, 11) is 0. The molecule has 0 amide bonds. The molecule has 1 unspecified atom stereocenters. The second-order valence-corrected chi connectivity index (χ2v) is 6.79. The molecule has 0 aromatic carbocycles. The summed E-state index contributed by atoms with van der Waals surface area (Å²) in [4.78, 5) is 0. The molecule has 1 radical (unpaired) electrons. The number of hydrogen-bond donors (Lipinski definition) is 0. The van der Waals surface area contributed by atoms with Crippen LogP contribution >= 0.6 is 0 Å². The summed E-state index contributed by atoms with van der Waals surface area (Å²) >= 11 is 1.60. The zero-order valence-corrected chi connectivity index (χ0v) is 16.4. The van der Waals surface area contributed by atoms with Gasteiger partial charge in [-0.1, -0.05) is 0 Å². The Hall–Kier alpha value is 0.942. The first-order valence-corrected chi connectivity index (χ1v) is 7.76. The van der Waals surface area contributed by atoms with Crippen LogP contribution in [0.5, 0.6) is 0 Å². The summed E-state index contributed by atoms with van der Waals surface area (Å²) in [5, 5.41) is 0. The molecule has 0 saturated heterocycles. The quantitative estimate of drug-likeness (QED) is 0.511.